The minimum atomic E-state index is 0.403. The fourth-order valence-corrected chi connectivity index (χ4v) is 0.138. The predicted molar refractivity (Wildman–Crippen MR) is 13.8 cm³/mol. The summed E-state index contributed by atoms with van der Waals surface area (Å²) in [7, 11) is 0. The number of rotatable bonds is 0. The SMILES string of the molecule is On1[c]nnn1. The lowest BCUT2D eigenvalue weighted by Crippen LogP contribution is -1.88. The maximum Gasteiger partial charge on any atom is 0.264 e. The lowest BCUT2D eigenvalue weighted by Gasteiger charge is -1.70. The molecule has 1 aromatic heterocycles. The molecule has 0 unspecified atom stereocenters. The van der Waals surface area contributed by atoms with Crippen LogP contribution in [0.1, 0.15) is 0 Å². The van der Waals surface area contributed by atoms with Crippen LogP contribution in [-0.4, -0.2) is 25.6 Å². The zero-order valence-corrected chi connectivity index (χ0v) is 2.74. The third-order valence-electron chi connectivity index (χ3n) is 0.304. The Balaban J connectivity index is 3.05. The summed E-state index contributed by atoms with van der Waals surface area (Å²) in [4.78, 5) is 0.403. The van der Waals surface area contributed by atoms with Crippen LogP contribution >= 0.6 is 0 Å². The minimum Gasteiger partial charge on any atom is -0.409 e. The van der Waals surface area contributed by atoms with E-state index in [1.54, 1.807) is 0 Å². The molecule has 0 saturated carbocycles. The van der Waals surface area contributed by atoms with Gasteiger partial charge in [0.1, 0.15) is 0 Å². The van der Waals surface area contributed by atoms with Gasteiger partial charge in [-0.05, 0) is 10.4 Å². The van der Waals surface area contributed by atoms with E-state index in [-0.39, 0.29) is 0 Å². The summed E-state index contributed by atoms with van der Waals surface area (Å²) in [5.41, 5.74) is 0. The van der Waals surface area contributed by atoms with Gasteiger partial charge in [-0.2, -0.15) is 0 Å². The maximum absolute atomic E-state index is 8.10. The molecule has 1 radical (unpaired) electrons. The normalized spacial score (nSPS) is 8.67. The molecule has 0 amide bonds. The molecule has 5 nitrogen and oxygen atoms in total. The van der Waals surface area contributed by atoms with Crippen LogP contribution in [0.5, 0.6) is 0 Å². The zero-order chi connectivity index (χ0) is 4.41. The van der Waals surface area contributed by atoms with Gasteiger partial charge in [-0.15, -0.1) is 5.10 Å². The first kappa shape index (κ1) is 3.08. The highest BCUT2D eigenvalue weighted by Crippen LogP contribution is 1.55. The molecule has 1 aromatic rings. The van der Waals surface area contributed by atoms with Crippen molar-refractivity contribution in [3.63, 3.8) is 0 Å². The highest BCUT2D eigenvalue weighted by Gasteiger charge is 1.77. The Morgan fingerprint density at radius 2 is 2.50 bits per heavy atom. The second-order valence-corrected chi connectivity index (χ2v) is 0.668. The zero-order valence-electron chi connectivity index (χ0n) is 2.74. The highest BCUT2D eigenvalue weighted by atomic mass is 16.5. The molecule has 6 heavy (non-hydrogen) atoms. The summed E-state index contributed by atoms with van der Waals surface area (Å²) in [5, 5.41) is 17.1. The number of aromatic nitrogens is 4. The molecule has 31 valence electrons. The Bertz CT molecular complexity index is 111. The van der Waals surface area contributed by atoms with Crippen LogP contribution in [0.15, 0.2) is 0 Å². The first-order chi connectivity index (χ1) is 2.89. The monoisotopic (exact) mass is 85.0 g/mol. The lowest BCUT2D eigenvalue weighted by molar-refractivity contribution is 0.140. The van der Waals surface area contributed by atoms with Crippen molar-refractivity contribution in [3.8, 4) is 0 Å². The van der Waals surface area contributed by atoms with E-state index in [1.807, 2.05) is 6.33 Å². The number of hydrogen-bond acceptors (Lipinski definition) is 4. The molecule has 1 rings (SSSR count). The van der Waals surface area contributed by atoms with Gasteiger partial charge < -0.3 is 5.21 Å². The molecule has 0 aliphatic rings. The van der Waals surface area contributed by atoms with E-state index >= 15 is 0 Å². The summed E-state index contributed by atoms with van der Waals surface area (Å²) in [6, 6.07) is 0. The largest absolute Gasteiger partial charge is 0.409 e. The Labute approximate surface area is 33.2 Å². The predicted octanol–water partition coefficient (Wildman–Crippen LogP) is -1.29. The molecule has 1 heterocycles. The molecule has 0 spiro atoms. The summed E-state index contributed by atoms with van der Waals surface area (Å²) in [6.07, 6.45) is 2.00. The molecule has 0 aliphatic heterocycles. The van der Waals surface area contributed by atoms with Gasteiger partial charge in [-0.25, -0.2) is 0 Å². The van der Waals surface area contributed by atoms with Crippen LogP contribution < -0.4 is 0 Å². The van der Waals surface area contributed by atoms with Gasteiger partial charge in [-0.1, -0.05) is 4.85 Å². The average Bonchev–Trinajstić information content (AvgIpc) is 1.86. The molecular formula is CHN4O. The van der Waals surface area contributed by atoms with Gasteiger partial charge >= 0.3 is 0 Å². The molecular weight excluding hydrogens is 84.0 g/mol. The van der Waals surface area contributed by atoms with Crippen molar-refractivity contribution in [2.75, 3.05) is 0 Å². The van der Waals surface area contributed by atoms with Crippen molar-refractivity contribution < 1.29 is 5.21 Å². The Morgan fingerprint density at radius 1 is 1.67 bits per heavy atom. The smallest absolute Gasteiger partial charge is 0.264 e. The van der Waals surface area contributed by atoms with Crippen LogP contribution in [0.2, 0.25) is 0 Å². The van der Waals surface area contributed by atoms with Crippen molar-refractivity contribution in [2.45, 2.75) is 0 Å². The topological polar surface area (TPSA) is 63.8 Å². The van der Waals surface area contributed by atoms with Crippen LogP contribution in [0.25, 0.3) is 0 Å². The molecule has 0 saturated heterocycles. The van der Waals surface area contributed by atoms with Gasteiger partial charge in [-0.3, -0.25) is 0 Å². The first-order valence-electron chi connectivity index (χ1n) is 1.25. The Morgan fingerprint density at radius 3 is 2.67 bits per heavy atom. The van der Waals surface area contributed by atoms with E-state index in [2.05, 4.69) is 15.5 Å². The molecule has 0 atom stereocenters. The van der Waals surface area contributed by atoms with E-state index in [0.29, 0.717) is 4.85 Å². The number of hydrogen-bond donors (Lipinski definition) is 1. The van der Waals surface area contributed by atoms with E-state index in [9.17, 15) is 0 Å². The second-order valence-electron chi connectivity index (χ2n) is 0.668. The van der Waals surface area contributed by atoms with E-state index < -0.39 is 0 Å². The standard InChI is InChI=1S/CHN4O/c6-5-1-2-3-4-5/h6H. The second kappa shape index (κ2) is 0.925. The van der Waals surface area contributed by atoms with Crippen molar-refractivity contribution in [1.29, 1.82) is 0 Å². The van der Waals surface area contributed by atoms with Gasteiger partial charge in [0, 0.05) is 0 Å². The van der Waals surface area contributed by atoms with Crippen molar-refractivity contribution in [1.82, 2.24) is 20.4 Å². The number of nitrogens with zero attached hydrogens (tertiary/aromatic N) is 4. The molecule has 1 N–H and O–H groups in total. The van der Waals surface area contributed by atoms with Crippen LogP contribution in [0.4, 0.5) is 0 Å². The van der Waals surface area contributed by atoms with Crippen LogP contribution in [0, 0.1) is 6.33 Å². The summed E-state index contributed by atoms with van der Waals surface area (Å²) < 4.78 is 0. The van der Waals surface area contributed by atoms with Crippen molar-refractivity contribution >= 4 is 0 Å². The molecule has 5 heteroatoms. The highest BCUT2D eigenvalue weighted by molar-refractivity contribution is 4.24. The summed E-state index contributed by atoms with van der Waals surface area (Å²) in [6.45, 7) is 0. The summed E-state index contributed by atoms with van der Waals surface area (Å²) >= 11 is 0. The molecule has 0 fully saturated rings. The lowest BCUT2D eigenvalue weighted by atomic mass is 11.4. The fourth-order valence-electron chi connectivity index (χ4n) is 0.138. The fraction of sp³-hybridized carbons (Fsp3) is 0. The van der Waals surface area contributed by atoms with Gasteiger partial charge in [0.05, 0.1) is 0 Å². The molecule has 0 aliphatic carbocycles. The summed E-state index contributed by atoms with van der Waals surface area (Å²) in [5.74, 6) is 0. The number of tetrazole rings is 1. The van der Waals surface area contributed by atoms with E-state index in [4.69, 9.17) is 5.21 Å². The molecule has 0 bridgehead atoms. The van der Waals surface area contributed by atoms with Crippen molar-refractivity contribution in [3.05, 3.63) is 6.33 Å². The van der Waals surface area contributed by atoms with E-state index in [0.717, 1.165) is 0 Å². The van der Waals surface area contributed by atoms with Gasteiger partial charge in [0.2, 0.25) is 0 Å². The van der Waals surface area contributed by atoms with Gasteiger partial charge in [0.25, 0.3) is 6.33 Å². The van der Waals surface area contributed by atoms with Crippen molar-refractivity contribution in [2.24, 2.45) is 0 Å². The minimum absolute atomic E-state index is 0.403. The Kier molecular flexibility index (Phi) is 0.474. The third-order valence-corrected chi connectivity index (χ3v) is 0.304. The Hall–Kier alpha value is -1.13. The van der Waals surface area contributed by atoms with E-state index in [1.165, 1.54) is 0 Å². The maximum atomic E-state index is 8.10. The van der Waals surface area contributed by atoms with Crippen LogP contribution in [-0.2, 0) is 0 Å². The average molecular weight is 85.0 g/mol. The molecule has 0 aromatic carbocycles. The van der Waals surface area contributed by atoms with Gasteiger partial charge in [0.15, 0.2) is 0 Å². The quantitative estimate of drug-likeness (QED) is 0.398. The third kappa shape index (κ3) is 0.291. The first-order valence-corrected chi connectivity index (χ1v) is 1.25. The van der Waals surface area contributed by atoms with Crippen LogP contribution in [0.3, 0.4) is 0 Å².